The fourth-order valence-corrected chi connectivity index (χ4v) is 3.33. The molecular formula is C19H20N2O2. The van der Waals surface area contributed by atoms with Crippen LogP contribution in [0.2, 0.25) is 0 Å². The van der Waals surface area contributed by atoms with E-state index in [1.807, 2.05) is 36.7 Å². The van der Waals surface area contributed by atoms with E-state index in [1.54, 1.807) is 6.26 Å². The molecule has 0 radical (unpaired) electrons. The lowest BCUT2D eigenvalue weighted by atomic mass is 10.0. The van der Waals surface area contributed by atoms with Gasteiger partial charge in [0.2, 0.25) is 0 Å². The lowest BCUT2D eigenvalue weighted by molar-refractivity contribution is 0.00657. The highest BCUT2D eigenvalue weighted by Gasteiger charge is 2.31. The molecule has 1 saturated heterocycles. The van der Waals surface area contributed by atoms with Crippen molar-refractivity contribution in [2.24, 2.45) is 0 Å². The van der Waals surface area contributed by atoms with Gasteiger partial charge < -0.3 is 13.7 Å². The number of benzene rings is 1. The number of hydrogen-bond donors (Lipinski definition) is 0. The van der Waals surface area contributed by atoms with Gasteiger partial charge in [-0.1, -0.05) is 24.3 Å². The highest BCUT2D eigenvalue weighted by Crippen LogP contribution is 2.33. The minimum absolute atomic E-state index is 0.102. The Morgan fingerprint density at radius 1 is 1.17 bits per heavy atom. The van der Waals surface area contributed by atoms with Gasteiger partial charge in [-0.05, 0) is 31.9 Å². The molecule has 1 fully saturated rings. The average Bonchev–Trinajstić information content (AvgIpc) is 3.29. The topological polar surface area (TPSA) is 40.2 Å². The number of rotatable bonds is 4. The third-order valence-corrected chi connectivity index (χ3v) is 4.48. The molecule has 0 unspecified atom stereocenters. The first-order valence-electron chi connectivity index (χ1n) is 8.04. The summed E-state index contributed by atoms with van der Waals surface area (Å²) >= 11 is 0. The molecule has 4 rings (SSSR count). The van der Waals surface area contributed by atoms with Gasteiger partial charge in [-0.15, -0.1) is 0 Å². The first-order valence-corrected chi connectivity index (χ1v) is 8.04. The molecule has 0 amide bonds. The van der Waals surface area contributed by atoms with Crippen molar-refractivity contribution in [3.63, 3.8) is 0 Å². The lowest BCUT2D eigenvalue weighted by Crippen LogP contribution is -2.29. The van der Waals surface area contributed by atoms with Crippen LogP contribution in [0.25, 0.3) is 22.7 Å². The van der Waals surface area contributed by atoms with Crippen LogP contribution in [-0.2, 0) is 11.3 Å². The Labute approximate surface area is 135 Å². The molecule has 2 aromatic heterocycles. The number of hydrogen-bond acceptors (Lipinski definition) is 3. The van der Waals surface area contributed by atoms with Crippen molar-refractivity contribution in [3.05, 3.63) is 55.1 Å². The molecule has 118 valence electrons. The molecule has 4 heteroatoms. The van der Waals surface area contributed by atoms with Crippen molar-refractivity contribution < 1.29 is 9.15 Å². The summed E-state index contributed by atoms with van der Waals surface area (Å²) < 4.78 is 13.7. The second-order valence-corrected chi connectivity index (χ2v) is 6.30. The molecule has 3 aromatic rings. The SMILES string of the molecule is C[C@@]1(Cn2ccnc2-c2ccccc2-c2ccco2)CCCO1. The van der Waals surface area contributed by atoms with Crippen molar-refractivity contribution in [3.8, 4) is 22.7 Å². The molecular weight excluding hydrogens is 288 g/mol. The smallest absolute Gasteiger partial charge is 0.140 e. The summed E-state index contributed by atoms with van der Waals surface area (Å²) in [6.07, 6.45) is 7.80. The maximum absolute atomic E-state index is 5.94. The Balaban J connectivity index is 1.74. The van der Waals surface area contributed by atoms with E-state index in [-0.39, 0.29) is 5.60 Å². The van der Waals surface area contributed by atoms with Crippen molar-refractivity contribution in [1.29, 1.82) is 0 Å². The Bertz CT molecular complexity index is 783. The lowest BCUT2D eigenvalue weighted by Gasteiger charge is -2.24. The van der Waals surface area contributed by atoms with E-state index >= 15 is 0 Å². The summed E-state index contributed by atoms with van der Waals surface area (Å²) in [5, 5.41) is 0. The van der Waals surface area contributed by atoms with E-state index < -0.39 is 0 Å². The molecule has 0 aliphatic carbocycles. The van der Waals surface area contributed by atoms with Crippen LogP contribution in [0.3, 0.4) is 0 Å². The third-order valence-electron chi connectivity index (χ3n) is 4.48. The number of imidazole rings is 1. The molecule has 3 heterocycles. The van der Waals surface area contributed by atoms with Crippen LogP contribution in [0, 0.1) is 0 Å². The normalized spacial score (nSPS) is 20.9. The van der Waals surface area contributed by atoms with E-state index in [2.05, 4.69) is 28.6 Å². The predicted molar refractivity (Wildman–Crippen MR) is 89.0 cm³/mol. The molecule has 1 atom stereocenters. The largest absolute Gasteiger partial charge is 0.464 e. The molecule has 0 bridgehead atoms. The molecule has 23 heavy (non-hydrogen) atoms. The molecule has 1 aliphatic rings. The van der Waals surface area contributed by atoms with Gasteiger partial charge in [0.05, 0.1) is 18.4 Å². The predicted octanol–water partition coefficient (Wildman–Crippen LogP) is 4.38. The zero-order valence-electron chi connectivity index (χ0n) is 13.2. The number of furan rings is 1. The van der Waals surface area contributed by atoms with E-state index in [0.717, 1.165) is 48.7 Å². The fraction of sp³-hybridized carbons (Fsp3) is 0.316. The second kappa shape index (κ2) is 5.70. The minimum Gasteiger partial charge on any atom is -0.464 e. The van der Waals surface area contributed by atoms with Gasteiger partial charge in [0.25, 0.3) is 0 Å². The van der Waals surface area contributed by atoms with Crippen LogP contribution in [0.15, 0.2) is 59.5 Å². The maximum Gasteiger partial charge on any atom is 0.140 e. The molecule has 1 aromatic carbocycles. The average molecular weight is 308 g/mol. The summed E-state index contributed by atoms with van der Waals surface area (Å²) in [6, 6.07) is 12.1. The van der Waals surface area contributed by atoms with Crippen molar-refractivity contribution in [1.82, 2.24) is 9.55 Å². The monoisotopic (exact) mass is 308 g/mol. The standard InChI is InChI=1S/C19H20N2O2/c1-19(9-5-13-23-19)14-21-11-10-20-18(21)16-7-3-2-6-15(16)17-8-4-12-22-17/h2-4,6-8,10-12H,5,9,13-14H2,1H3/t19-/m0/s1. The Morgan fingerprint density at radius 2 is 2.04 bits per heavy atom. The van der Waals surface area contributed by atoms with Gasteiger partial charge in [-0.3, -0.25) is 0 Å². The van der Waals surface area contributed by atoms with Gasteiger partial charge in [0.15, 0.2) is 0 Å². The van der Waals surface area contributed by atoms with E-state index in [0.29, 0.717) is 0 Å². The van der Waals surface area contributed by atoms with Crippen LogP contribution >= 0.6 is 0 Å². The van der Waals surface area contributed by atoms with Gasteiger partial charge >= 0.3 is 0 Å². The van der Waals surface area contributed by atoms with Crippen molar-refractivity contribution in [2.45, 2.75) is 31.9 Å². The Kier molecular flexibility index (Phi) is 3.54. The van der Waals surface area contributed by atoms with Crippen molar-refractivity contribution in [2.75, 3.05) is 6.61 Å². The summed E-state index contributed by atoms with van der Waals surface area (Å²) in [6.45, 7) is 3.85. The number of aromatic nitrogens is 2. The first kappa shape index (κ1) is 14.3. The maximum atomic E-state index is 5.94. The summed E-state index contributed by atoms with van der Waals surface area (Å²) in [4.78, 5) is 4.60. The summed E-state index contributed by atoms with van der Waals surface area (Å²) in [5.41, 5.74) is 2.03. The van der Waals surface area contributed by atoms with Crippen LogP contribution in [-0.4, -0.2) is 21.8 Å². The highest BCUT2D eigenvalue weighted by molar-refractivity contribution is 5.78. The Morgan fingerprint density at radius 3 is 2.78 bits per heavy atom. The van der Waals surface area contributed by atoms with Crippen LogP contribution in [0.4, 0.5) is 0 Å². The van der Waals surface area contributed by atoms with Crippen LogP contribution < -0.4 is 0 Å². The number of ether oxygens (including phenoxy) is 1. The van der Waals surface area contributed by atoms with Gasteiger partial charge in [-0.2, -0.15) is 0 Å². The molecule has 4 nitrogen and oxygen atoms in total. The zero-order chi connectivity index (χ0) is 15.7. The molecule has 1 aliphatic heterocycles. The van der Waals surface area contributed by atoms with E-state index in [1.165, 1.54) is 0 Å². The molecule has 0 spiro atoms. The van der Waals surface area contributed by atoms with Crippen LogP contribution in [0.1, 0.15) is 19.8 Å². The third kappa shape index (κ3) is 2.70. The van der Waals surface area contributed by atoms with E-state index in [9.17, 15) is 0 Å². The minimum atomic E-state index is -0.102. The Hall–Kier alpha value is -2.33. The van der Waals surface area contributed by atoms with E-state index in [4.69, 9.17) is 9.15 Å². The van der Waals surface area contributed by atoms with Crippen molar-refractivity contribution >= 4 is 0 Å². The first-order chi connectivity index (χ1) is 11.3. The fourth-order valence-electron chi connectivity index (χ4n) is 3.33. The van der Waals surface area contributed by atoms with Gasteiger partial charge in [-0.25, -0.2) is 4.98 Å². The number of nitrogens with zero attached hydrogens (tertiary/aromatic N) is 2. The quantitative estimate of drug-likeness (QED) is 0.718. The van der Waals surface area contributed by atoms with Gasteiger partial charge in [0, 0.05) is 30.1 Å². The highest BCUT2D eigenvalue weighted by atomic mass is 16.5. The van der Waals surface area contributed by atoms with Crippen LogP contribution in [0.5, 0.6) is 0 Å². The molecule has 0 N–H and O–H groups in total. The molecule has 0 saturated carbocycles. The summed E-state index contributed by atoms with van der Waals surface area (Å²) in [7, 11) is 0. The summed E-state index contributed by atoms with van der Waals surface area (Å²) in [5.74, 6) is 1.81. The van der Waals surface area contributed by atoms with Gasteiger partial charge in [0.1, 0.15) is 11.6 Å². The second-order valence-electron chi connectivity index (χ2n) is 6.30. The zero-order valence-corrected chi connectivity index (χ0v) is 13.2.